The number of hydrogen-bond donors (Lipinski definition) is 3. The van der Waals surface area contributed by atoms with Crippen LogP contribution < -0.4 is 5.73 Å². The summed E-state index contributed by atoms with van der Waals surface area (Å²) >= 11 is 0. The van der Waals surface area contributed by atoms with Gasteiger partial charge in [0.15, 0.2) is 5.69 Å². The number of rotatable bonds is 3. The standard InChI is InChI=1S/C9H14N4O3/c10-9(16)6-3-13(12-11-6)7-1-5(4-14)2-8(7)15/h3,5,7-8,14-15H,1-2,4H2,(H2,10,16)/t5-,7+,8+/m0/s1. The molecule has 0 bridgehead atoms. The first kappa shape index (κ1) is 11.0. The van der Waals surface area contributed by atoms with E-state index in [1.165, 1.54) is 10.9 Å². The number of carbonyl (C=O) groups excluding carboxylic acids is 1. The highest BCUT2D eigenvalue weighted by Crippen LogP contribution is 2.33. The molecule has 1 aliphatic rings. The van der Waals surface area contributed by atoms with Crippen LogP contribution in [0.25, 0.3) is 0 Å². The third-order valence-corrected chi connectivity index (χ3v) is 2.95. The Hall–Kier alpha value is -1.47. The lowest BCUT2D eigenvalue weighted by Crippen LogP contribution is -2.18. The van der Waals surface area contributed by atoms with Gasteiger partial charge in [-0.1, -0.05) is 5.21 Å². The highest BCUT2D eigenvalue weighted by atomic mass is 16.3. The molecule has 0 saturated heterocycles. The van der Waals surface area contributed by atoms with Gasteiger partial charge in [0.05, 0.1) is 18.3 Å². The van der Waals surface area contributed by atoms with E-state index in [9.17, 15) is 9.90 Å². The van der Waals surface area contributed by atoms with E-state index < -0.39 is 12.0 Å². The second-order valence-electron chi connectivity index (χ2n) is 4.10. The quantitative estimate of drug-likeness (QED) is 0.591. The van der Waals surface area contributed by atoms with Gasteiger partial charge in [0.1, 0.15) is 0 Å². The lowest BCUT2D eigenvalue weighted by Gasteiger charge is -2.13. The molecule has 0 aliphatic heterocycles. The van der Waals surface area contributed by atoms with E-state index in [1.54, 1.807) is 0 Å². The molecule has 0 radical (unpaired) electrons. The molecule has 16 heavy (non-hydrogen) atoms. The van der Waals surface area contributed by atoms with Crippen molar-refractivity contribution < 1.29 is 15.0 Å². The number of aromatic nitrogens is 3. The number of aliphatic hydroxyl groups excluding tert-OH is 2. The first-order chi connectivity index (χ1) is 7.61. The molecule has 0 unspecified atom stereocenters. The van der Waals surface area contributed by atoms with Crippen LogP contribution in [-0.2, 0) is 0 Å². The minimum absolute atomic E-state index is 0.0466. The Bertz CT molecular complexity index is 392. The van der Waals surface area contributed by atoms with Gasteiger partial charge in [-0.3, -0.25) is 4.79 Å². The zero-order chi connectivity index (χ0) is 11.7. The Balaban J connectivity index is 2.15. The molecule has 1 heterocycles. The molecule has 1 aliphatic carbocycles. The van der Waals surface area contributed by atoms with Crippen molar-refractivity contribution >= 4 is 5.91 Å². The van der Waals surface area contributed by atoms with Crippen LogP contribution in [0, 0.1) is 5.92 Å². The molecule has 2 rings (SSSR count). The summed E-state index contributed by atoms with van der Waals surface area (Å²) in [6.07, 6.45) is 2.02. The smallest absolute Gasteiger partial charge is 0.270 e. The predicted molar refractivity (Wildman–Crippen MR) is 53.4 cm³/mol. The largest absolute Gasteiger partial charge is 0.396 e. The molecule has 3 atom stereocenters. The van der Waals surface area contributed by atoms with Crippen molar-refractivity contribution in [1.29, 1.82) is 0 Å². The van der Waals surface area contributed by atoms with Crippen LogP contribution in [0.15, 0.2) is 6.20 Å². The predicted octanol–water partition coefficient (Wildman–Crippen LogP) is -1.32. The summed E-state index contributed by atoms with van der Waals surface area (Å²) in [4.78, 5) is 10.8. The summed E-state index contributed by atoms with van der Waals surface area (Å²) in [5.41, 5.74) is 5.14. The Morgan fingerprint density at radius 1 is 1.62 bits per heavy atom. The fraction of sp³-hybridized carbons (Fsp3) is 0.667. The van der Waals surface area contributed by atoms with Crippen LogP contribution >= 0.6 is 0 Å². The molecule has 7 heteroatoms. The molecule has 1 aromatic rings. The van der Waals surface area contributed by atoms with Gasteiger partial charge in [0, 0.05) is 6.61 Å². The number of aliphatic hydroxyl groups is 2. The van der Waals surface area contributed by atoms with E-state index in [4.69, 9.17) is 10.8 Å². The van der Waals surface area contributed by atoms with Crippen LogP contribution in [0.2, 0.25) is 0 Å². The van der Waals surface area contributed by atoms with E-state index in [0.29, 0.717) is 12.8 Å². The average Bonchev–Trinajstić information content (AvgIpc) is 2.83. The summed E-state index contributed by atoms with van der Waals surface area (Å²) in [5.74, 6) is -0.571. The van der Waals surface area contributed by atoms with Crippen LogP contribution in [0.5, 0.6) is 0 Å². The second-order valence-corrected chi connectivity index (χ2v) is 4.10. The average molecular weight is 226 g/mol. The molecule has 0 spiro atoms. The Morgan fingerprint density at radius 2 is 2.38 bits per heavy atom. The maximum Gasteiger partial charge on any atom is 0.270 e. The van der Waals surface area contributed by atoms with Crippen molar-refractivity contribution in [3.63, 3.8) is 0 Å². The summed E-state index contributed by atoms with van der Waals surface area (Å²) in [6, 6.07) is -0.238. The number of primary amides is 1. The minimum Gasteiger partial charge on any atom is -0.396 e. The third kappa shape index (κ3) is 1.91. The SMILES string of the molecule is NC(=O)c1cn([C@@H]2C[C@H](CO)C[C@H]2O)nn1. The lowest BCUT2D eigenvalue weighted by molar-refractivity contribution is 0.0995. The Morgan fingerprint density at radius 3 is 2.88 bits per heavy atom. The van der Waals surface area contributed by atoms with Crippen molar-refractivity contribution in [2.45, 2.75) is 25.0 Å². The molecule has 1 aromatic heterocycles. The van der Waals surface area contributed by atoms with Crippen molar-refractivity contribution in [1.82, 2.24) is 15.0 Å². The van der Waals surface area contributed by atoms with E-state index in [0.717, 1.165) is 0 Å². The van der Waals surface area contributed by atoms with Gasteiger partial charge < -0.3 is 15.9 Å². The van der Waals surface area contributed by atoms with Gasteiger partial charge in [-0.15, -0.1) is 5.10 Å². The number of nitrogens with zero attached hydrogens (tertiary/aromatic N) is 3. The molecule has 88 valence electrons. The number of amides is 1. The second kappa shape index (κ2) is 4.18. The summed E-state index contributed by atoms with van der Waals surface area (Å²) in [7, 11) is 0. The first-order valence-corrected chi connectivity index (χ1v) is 5.12. The number of nitrogens with two attached hydrogens (primary N) is 1. The molecular formula is C9H14N4O3. The van der Waals surface area contributed by atoms with Crippen molar-refractivity contribution in [2.75, 3.05) is 6.61 Å². The number of carbonyl (C=O) groups is 1. The highest BCUT2D eigenvalue weighted by Gasteiger charge is 2.34. The van der Waals surface area contributed by atoms with Crippen molar-refractivity contribution in [3.05, 3.63) is 11.9 Å². The fourth-order valence-corrected chi connectivity index (χ4v) is 2.08. The van der Waals surface area contributed by atoms with Crippen LogP contribution in [-0.4, -0.2) is 43.8 Å². The van der Waals surface area contributed by atoms with Crippen molar-refractivity contribution in [3.8, 4) is 0 Å². The summed E-state index contributed by atoms with van der Waals surface area (Å²) in [6.45, 7) is 0.0466. The molecular weight excluding hydrogens is 212 g/mol. The molecule has 4 N–H and O–H groups in total. The fourth-order valence-electron chi connectivity index (χ4n) is 2.08. The Labute approximate surface area is 91.9 Å². The van der Waals surface area contributed by atoms with Gasteiger partial charge >= 0.3 is 0 Å². The normalized spacial score (nSPS) is 29.5. The van der Waals surface area contributed by atoms with E-state index >= 15 is 0 Å². The van der Waals surface area contributed by atoms with Gasteiger partial charge in [-0.2, -0.15) is 0 Å². The van der Waals surface area contributed by atoms with Gasteiger partial charge in [-0.05, 0) is 18.8 Å². The minimum atomic E-state index is -0.641. The zero-order valence-corrected chi connectivity index (χ0v) is 8.65. The summed E-state index contributed by atoms with van der Waals surface area (Å²) in [5, 5.41) is 26.2. The van der Waals surface area contributed by atoms with Gasteiger partial charge in [-0.25, -0.2) is 4.68 Å². The number of hydrogen-bond acceptors (Lipinski definition) is 5. The monoisotopic (exact) mass is 226 g/mol. The topological polar surface area (TPSA) is 114 Å². The maximum atomic E-state index is 10.8. The van der Waals surface area contributed by atoms with E-state index in [2.05, 4.69) is 10.3 Å². The first-order valence-electron chi connectivity index (χ1n) is 5.12. The van der Waals surface area contributed by atoms with Crippen molar-refractivity contribution in [2.24, 2.45) is 11.7 Å². The molecule has 7 nitrogen and oxygen atoms in total. The zero-order valence-electron chi connectivity index (χ0n) is 8.65. The van der Waals surface area contributed by atoms with Crippen LogP contribution in [0.4, 0.5) is 0 Å². The van der Waals surface area contributed by atoms with Crippen LogP contribution in [0.3, 0.4) is 0 Å². The molecule has 0 aromatic carbocycles. The molecule has 1 amide bonds. The van der Waals surface area contributed by atoms with Gasteiger partial charge in [0.25, 0.3) is 5.91 Å². The maximum absolute atomic E-state index is 10.8. The highest BCUT2D eigenvalue weighted by molar-refractivity contribution is 5.90. The van der Waals surface area contributed by atoms with Crippen LogP contribution in [0.1, 0.15) is 29.4 Å². The molecule has 1 saturated carbocycles. The van der Waals surface area contributed by atoms with Gasteiger partial charge in [0.2, 0.25) is 0 Å². The van der Waals surface area contributed by atoms with E-state index in [-0.39, 0.29) is 24.3 Å². The third-order valence-electron chi connectivity index (χ3n) is 2.95. The molecule has 1 fully saturated rings. The Kier molecular flexibility index (Phi) is 2.88. The van der Waals surface area contributed by atoms with E-state index in [1.807, 2.05) is 0 Å². The lowest BCUT2D eigenvalue weighted by atomic mass is 10.1. The summed E-state index contributed by atoms with van der Waals surface area (Å²) < 4.78 is 1.44.